The standard InChI is InChI=1S/C11H19N3/c1-8(2)10(5-12)11-6-13-7-14(11)9-3-4-9/h6-10H,3-5,12H2,1-2H3. The van der Waals surface area contributed by atoms with Crippen molar-refractivity contribution in [1.82, 2.24) is 9.55 Å². The summed E-state index contributed by atoms with van der Waals surface area (Å²) in [7, 11) is 0. The lowest BCUT2D eigenvalue weighted by atomic mass is 9.93. The summed E-state index contributed by atoms with van der Waals surface area (Å²) in [5.74, 6) is 1.05. The minimum absolute atomic E-state index is 0.457. The molecule has 0 aliphatic heterocycles. The van der Waals surface area contributed by atoms with Gasteiger partial charge in [0.05, 0.1) is 6.33 Å². The molecular formula is C11H19N3. The summed E-state index contributed by atoms with van der Waals surface area (Å²) in [6.45, 7) is 5.17. The highest BCUT2D eigenvalue weighted by Crippen LogP contribution is 2.38. The highest BCUT2D eigenvalue weighted by atomic mass is 15.1. The third-order valence-corrected chi connectivity index (χ3v) is 3.07. The average molecular weight is 193 g/mol. The van der Waals surface area contributed by atoms with Gasteiger partial charge in [0.2, 0.25) is 0 Å². The molecule has 1 aromatic heterocycles. The Morgan fingerprint density at radius 1 is 1.57 bits per heavy atom. The Labute approximate surface area is 85.3 Å². The molecule has 78 valence electrons. The fraction of sp³-hybridized carbons (Fsp3) is 0.727. The van der Waals surface area contributed by atoms with Gasteiger partial charge in [0.1, 0.15) is 0 Å². The predicted molar refractivity (Wildman–Crippen MR) is 57.1 cm³/mol. The van der Waals surface area contributed by atoms with Crippen LogP contribution in [-0.4, -0.2) is 16.1 Å². The summed E-state index contributed by atoms with van der Waals surface area (Å²) < 4.78 is 2.32. The summed E-state index contributed by atoms with van der Waals surface area (Å²) in [6, 6.07) is 0.709. The number of hydrogen-bond donors (Lipinski definition) is 1. The predicted octanol–water partition coefficient (Wildman–Crippen LogP) is 1.92. The van der Waals surface area contributed by atoms with Crippen LogP contribution in [-0.2, 0) is 0 Å². The van der Waals surface area contributed by atoms with Gasteiger partial charge >= 0.3 is 0 Å². The zero-order valence-electron chi connectivity index (χ0n) is 8.98. The molecule has 1 aliphatic rings. The van der Waals surface area contributed by atoms with Gasteiger partial charge < -0.3 is 10.3 Å². The van der Waals surface area contributed by atoms with Crippen LogP contribution in [0.2, 0.25) is 0 Å². The molecule has 1 fully saturated rings. The van der Waals surface area contributed by atoms with Crippen LogP contribution in [0.15, 0.2) is 12.5 Å². The first-order valence-electron chi connectivity index (χ1n) is 5.45. The quantitative estimate of drug-likeness (QED) is 0.794. The van der Waals surface area contributed by atoms with Gasteiger partial charge in [-0.2, -0.15) is 0 Å². The maximum Gasteiger partial charge on any atom is 0.0950 e. The molecule has 2 N–H and O–H groups in total. The monoisotopic (exact) mass is 193 g/mol. The lowest BCUT2D eigenvalue weighted by Crippen LogP contribution is -2.20. The van der Waals surface area contributed by atoms with Gasteiger partial charge in [0, 0.05) is 30.4 Å². The number of aromatic nitrogens is 2. The largest absolute Gasteiger partial charge is 0.331 e. The third kappa shape index (κ3) is 1.69. The van der Waals surface area contributed by atoms with Crippen molar-refractivity contribution in [3.05, 3.63) is 18.2 Å². The lowest BCUT2D eigenvalue weighted by Gasteiger charge is -2.20. The van der Waals surface area contributed by atoms with Crippen LogP contribution in [0.25, 0.3) is 0 Å². The summed E-state index contributed by atoms with van der Waals surface area (Å²) in [4.78, 5) is 4.24. The second-order valence-electron chi connectivity index (χ2n) is 4.54. The van der Waals surface area contributed by atoms with Gasteiger partial charge in [0.15, 0.2) is 0 Å². The molecule has 2 rings (SSSR count). The molecule has 3 nitrogen and oxygen atoms in total. The molecule has 14 heavy (non-hydrogen) atoms. The van der Waals surface area contributed by atoms with Crippen LogP contribution in [0.1, 0.15) is 44.3 Å². The third-order valence-electron chi connectivity index (χ3n) is 3.07. The molecule has 0 spiro atoms. The molecule has 3 heteroatoms. The zero-order chi connectivity index (χ0) is 10.1. The number of nitrogens with two attached hydrogens (primary N) is 1. The van der Waals surface area contributed by atoms with E-state index >= 15 is 0 Å². The smallest absolute Gasteiger partial charge is 0.0950 e. The van der Waals surface area contributed by atoms with E-state index in [1.807, 2.05) is 12.5 Å². The fourth-order valence-corrected chi connectivity index (χ4v) is 1.99. The van der Waals surface area contributed by atoms with Gasteiger partial charge in [-0.3, -0.25) is 0 Å². The topological polar surface area (TPSA) is 43.8 Å². The molecule has 1 unspecified atom stereocenters. The maximum atomic E-state index is 5.81. The normalized spacial score (nSPS) is 18.9. The summed E-state index contributed by atoms with van der Waals surface area (Å²) in [5, 5.41) is 0. The van der Waals surface area contributed by atoms with Gasteiger partial charge in [0.25, 0.3) is 0 Å². The van der Waals surface area contributed by atoms with Gasteiger partial charge in [-0.1, -0.05) is 13.8 Å². The molecule has 1 aromatic rings. The van der Waals surface area contributed by atoms with E-state index in [1.165, 1.54) is 18.5 Å². The molecule has 1 aliphatic carbocycles. The molecular weight excluding hydrogens is 174 g/mol. The number of hydrogen-bond acceptors (Lipinski definition) is 2. The molecule has 1 heterocycles. The summed E-state index contributed by atoms with van der Waals surface area (Å²) in [6.07, 6.45) is 6.55. The van der Waals surface area contributed by atoms with Crippen LogP contribution >= 0.6 is 0 Å². The Morgan fingerprint density at radius 2 is 2.29 bits per heavy atom. The van der Waals surface area contributed by atoms with Gasteiger partial charge in [-0.05, 0) is 18.8 Å². The fourth-order valence-electron chi connectivity index (χ4n) is 1.99. The molecule has 0 radical (unpaired) electrons. The van der Waals surface area contributed by atoms with E-state index in [4.69, 9.17) is 5.73 Å². The van der Waals surface area contributed by atoms with Crippen LogP contribution in [0.3, 0.4) is 0 Å². The van der Waals surface area contributed by atoms with E-state index in [2.05, 4.69) is 23.4 Å². The molecule has 0 aromatic carbocycles. The molecule has 0 amide bonds. The van der Waals surface area contributed by atoms with Crippen LogP contribution in [0.4, 0.5) is 0 Å². The van der Waals surface area contributed by atoms with Gasteiger partial charge in [-0.25, -0.2) is 4.98 Å². The second-order valence-corrected chi connectivity index (χ2v) is 4.54. The van der Waals surface area contributed by atoms with Crippen molar-refractivity contribution in [1.29, 1.82) is 0 Å². The SMILES string of the molecule is CC(C)C(CN)c1cncn1C1CC1. The van der Waals surface area contributed by atoms with E-state index < -0.39 is 0 Å². The Balaban J connectivity index is 2.24. The Kier molecular flexibility index (Phi) is 2.59. The van der Waals surface area contributed by atoms with Crippen molar-refractivity contribution in [3.63, 3.8) is 0 Å². The van der Waals surface area contributed by atoms with E-state index in [0.717, 1.165) is 6.54 Å². The van der Waals surface area contributed by atoms with Crippen LogP contribution < -0.4 is 5.73 Å². The van der Waals surface area contributed by atoms with Crippen molar-refractivity contribution >= 4 is 0 Å². The Hall–Kier alpha value is -0.830. The molecule has 1 atom stereocenters. The molecule has 0 saturated heterocycles. The first-order chi connectivity index (χ1) is 6.74. The highest BCUT2D eigenvalue weighted by Gasteiger charge is 2.28. The Bertz CT molecular complexity index is 299. The van der Waals surface area contributed by atoms with Crippen molar-refractivity contribution in [2.75, 3.05) is 6.54 Å². The number of nitrogens with zero attached hydrogens (tertiary/aromatic N) is 2. The highest BCUT2D eigenvalue weighted by molar-refractivity contribution is 5.11. The van der Waals surface area contributed by atoms with Crippen molar-refractivity contribution in [2.24, 2.45) is 11.7 Å². The first-order valence-corrected chi connectivity index (χ1v) is 5.45. The number of rotatable bonds is 4. The van der Waals surface area contributed by atoms with Crippen LogP contribution in [0.5, 0.6) is 0 Å². The zero-order valence-corrected chi connectivity index (χ0v) is 8.98. The second kappa shape index (κ2) is 3.73. The van der Waals surface area contributed by atoms with Crippen molar-refractivity contribution in [2.45, 2.75) is 38.6 Å². The minimum atomic E-state index is 0.457. The van der Waals surface area contributed by atoms with Crippen molar-refractivity contribution in [3.8, 4) is 0 Å². The van der Waals surface area contributed by atoms with E-state index in [1.54, 1.807) is 0 Å². The van der Waals surface area contributed by atoms with E-state index in [0.29, 0.717) is 17.9 Å². The molecule has 0 bridgehead atoms. The minimum Gasteiger partial charge on any atom is -0.331 e. The first kappa shape index (κ1) is 9.71. The summed E-state index contributed by atoms with van der Waals surface area (Å²) >= 11 is 0. The van der Waals surface area contributed by atoms with Crippen molar-refractivity contribution < 1.29 is 0 Å². The lowest BCUT2D eigenvalue weighted by molar-refractivity contribution is 0.473. The summed E-state index contributed by atoms with van der Waals surface area (Å²) in [5.41, 5.74) is 7.14. The van der Waals surface area contributed by atoms with E-state index in [9.17, 15) is 0 Å². The van der Waals surface area contributed by atoms with Gasteiger partial charge in [-0.15, -0.1) is 0 Å². The average Bonchev–Trinajstić information content (AvgIpc) is 2.88. The van der Waals surface area contributed by atoms with Crippen LogP contribution in [0, 0.1) is 5.92 Å². The molecule has 1 saturated carbocycles. The van der Waals surface area contributed by atoms with E-state index in [-0.39, 0.29) is 0 Å². The Morgan fingerprint density at radius 3 is 2.79 bits per heavy atom. The maximum absolute atomic E-state index is 5.81. The number of imidazole rings is 1.